The topological polar surface area (TPSA) is 52.0 Å². The number of nitrogens with one attached hydrogen (secondary N) is 2. The molecule has 0 aliphatic rings. The standard InChI is InChI=1S/C24H27ClN4.C2H6/c1-17-4-8-19(21(14-17)15-27-23-13-12-22(25)16-28-23)9-5-18-6-10-20(11-7-18)24(26)29(2)3;1-2/h4,6-8,10-14,16,26H,5,9,15H2,1-3H3,(H,27,28);1-2H3. The molecule has 0 aliphatic carbocycles. The van der Waals surface area contributed by atoms with Gasteiger partial charge in [-0.15, -0.1) is 0 Å². The lowest BCUT2D eigenvalue weighted by Gasteiger charge is -2.14. The van der Waals surface area contributed by atoms with Crippen LogP contribution in [-0.4, -0.2) is 29.8 Å². The summed E-state index contributed by atoms with van der Waals surface area (Å²) in [7, 11) is 3.78. The van der Waals surface area contributed by atoms with Crippen LogP contribution in [0.3, 0.4) is 0 Å². The summed E-state index contributed by atoms with van der Waals surface area (Å²) >= 11 is 5.91. The van der Waals surface area contributed by atoms with E-state index in [2.05, 4.69) is 47.6 Å². The number of pyridine rings is 1. The number of aryl methyl sites for hydroxylation is 3. The summed E-state index contributed by atoms with van der Waals surface area (Å²) in [5, 5.41) is 12.1. The Morgan fingerprint density at radius 3 is 2.29 bits per heavy atom. The second-order valence-corrected chi connectivity index (χ2v) is 7.86. The van der Waals surface area contributed by atoms with Crippen LogP contribution >= 0.6 is 11.6 Å². The van der Waals surface area contributed by atoms with Crippen LogP contribution in [0.15, 0.2) is 60.8 Å². The highest BCUT2D eigenvalue weighted by Gasteiger charge is 2.07. The summed E-state index contributed by atoms with van der Waals surface area (Å²) in [6, 6.07) is 18.7. The fourth-order valence-electron chi connectivity index (χ4n) is 3.20. The molecular weight excluding hydrogens is 404 g/mol. The molecule has 0 radical (unpaired) electrons. The van der Waals surface area contributed by atoms with Gasteiger partial charge in [-0.1, -0.05) is 73.5 Å². The predicted molar refractivity (Wildman–Crippen MR) is 133 cm³/mol. The molecule has 5 heteroatoms. The Bertz CT molecular complexity index is 964. The van der Waals surface area contributed by atoms with Gasteiger partial charge in [-0.3, -0.25) is 5.41 Å². The molecule has 3 rings (SSSR count). The molecule has 2 N–H and O–H groups in total. The van der Waals surface area contributed by atoms with E-state index in [4.69, 9.17) is 17.0 Å². The lowest BCUT2D eigenvalue weighted by atomic mass is 9.97. The van der Waals surface area contributed by atoms with Crippen molar-refractivity contribution in [1.82, 2.24) is 9.88 Å². The maximum atomic E-state index is 8.08. The van der Waals surface area contributed by atoms with E-state index < -0.39 is 0 Å². The van der Waals surface area contributed by atoms with Gasteiger partial charge in [0.25, 0.3) is 0 Å². The Morgan fingerprint density at radius 1 is 0.968 bits per heavy atom. The number of halogens is 1. The molecule has 0 fully saturated rings. The zero-order valence-electron chi connectivity index (χ0n) is 19.2. The fraction of sp³-hybridized carbons (Fsp3) is 0.308. The van der Waals surface area contributed by atoms with E-state index in [9.17, 15) is 0 Å². The molecule has 31 heavy (non-hydrogen) atoms. The second-order valence-electron chi connectivity index (χ2n) is 7.43. The SMILES string of the molecule is CC.Cc1ccc(CCc2ccc(C(=N)N(C)C)cc2)c(CNc2ccc(Cl)cn2)c1. The van der Waals surface area contributed by atoms with Crippen molar-refractivity contribution in [2.24, 2.45) is 0 Å². The molecular formula is C26H33ClN4. The van der Waals surface area contributed by atoms with Crippen LogP contribution in [-0.2, 0) is 19.4 Å². The fourth-order valence-corrected chi connectivity index (χ4v) is 3.31. The molecule has 0 amide bonds. The van der Waals surface area contributed by atoms with Gasteiger partial charge < -0.3 is 10.2 Å². The molecule has 3 aromatic rings. The van der Waals surface area contributed by atoms with Crippen LogP contribution in [0.25, 0.3) is 0 Å². The van der Waals surface area contributed by atoms with E-state index in [1.165, 1.54) is 22.3 Å². The molecule has 0 spiro atoms. The highest BCUT2D eigenvalue weighted by molar-refractivity contribution is 6.30. The summed E-state index contributed by atoms with van der Waals surface area (Å²) in [5.74, 6) is 1.35. The third-order valence-electron chi connectivity index (χ3n) is 4.91. The van der Waals surface area contributed by atoms with E-state index in [0.717, 1.165) is 30.8 Å². The van der Waals surface area contributed by atoms with Gasteiger partial charge in [0.1, 0.15) is 11.7 Å². The van der Waals surface area contributed by atoms with Gasteiger partial charge >= 0.3 is 0 Å². The molecule has 2 aromatic carbocycles. The molecule has 0 unspecified atom stereocenters. The van der Waals surface area contributed by atoms with E-state index in [-0.39, 0.29) is 0 Å². The first kappa shape index (κ1) is 24.4. The van der Waals surface area contributed by atoms with Gasteiger partial charge in [0.2, 0.25) is 0 Å². The highest BCUT2D eigenvalue weighted by atomic mass is 35.5. The largest absolute Gasteiger partial charge is 0.366 e. The predicted octanol–water partition coefficient (Wildman–Crippen LogP) is 6.35. The molecule has 0 atom stereocenters. The van der Waals surface area contributed by atoms with E-state index in [1.807, 2.05) is 57.1 Å². The molecule has 0 bridgehead atoms. The first-order valence-electron chi connectivity index (χ1n) is 10.7. The van der Waals surface area contributed by atoms with Gasteiger partial charge in [-0.2, -0.15) is 0 Å². The minimum atomic E-state index is 0.527. The van der Waals surface area contributed by atoms with Gasteiger partial charge in [-0.25, -0.2) is 4.98 Å². The van der Waals surface area contributed by atoms with Crippen molar-refractivity contribution in [1.29, 1.82) is 5.41 Å². The average molecular weight is 437 g/mol. The summed E-state index contributed by atoms with van der Waals surface area (Å²) in [4.78, 5) is 6.13. The van der Waals surface area contributed by atoms with Crippen LogP contribution in [0, 0.1) is 12.3 Å². The third kappa shape index (κ3) is 7.41. The zero-order chi connectivity index (χ0) is 22.8. The lowest BCUT2D eigenvalue weighted by molar-refractivity contribution is 0.619. The first-order chi connectivity index (χ1) is 14.9. The van der Waals surface area contributed by atoms with E-state index in [0.29, 0.717) is 10.9 Å². The second kappa shape index (κ2) is 12.1. The Hall–Kier alpha value is -2.85. The monoisotopic (exact) mass is 436 g/mol. The Kier molecular flexibility index (Phi) is 9.54. The lowest BCUT2D eigenvalue weighted by Crippen LogP contribution is -2.21. The highest BCUT2D eigenvalue weighted by Crippen LogP contribution is 2.18. The van der Waals surface area contributed by atoms with Crippen LogP contribution in [0.4, 0.5) is 5.82 Å². The van der Waals surface area contributed by atoms with Crippen LogP contribution in [0.2, 0.25) is 5.02 Å². The van der Waals surface area contributed by atoms with Crippen molar-refractivity contribution in [2.45, 2.75) is 40.2 Å². The van der Waals surface area contributed by atoms with Crippen molar-refractivity contribution in [3.05, 3.63) is 93.6 Å². The first-order valence-corrected chi connectivity index (χ1v) is 11.1. The van der Waals surface area contributed by atoms with E-state index in [1.54, 1.807) is 6.20 Å². The van der Waals surface area contributed by atoms with Gasteiger partial charge in [-0.05, 0) is 48.6 Å². The minimum Gasteiger partial charge on any atom is -0.366 e. The number of benzene rings is 2. The van der Waals surface area contributed by atoms with Crippen LogP contribution in [0.5, 0.6) is 0 Å². The van der Waals surface area contributed by atoms with Crippen molar-refractivity contribution < 1.29 is 0 Å². The number of hydrogen-bond donors (Lipinski definition) is 2. The quantitative estimate of drug-likeness (QED) is 0.335. The molecule has 164 valence electrons. The number of hydrogen-bond acceptors (Lipinski definition) is 3. The zero-order valence-corrected chi connectivity index (χ0v) is 19.9. The van der Waals surface area contributed by atoms with Gasteiger partial charge in [0, 0.05) is 32.4 Å². The molecule has 0 saturated heterocycles. The smallest absolute Gasteiger partial charge is 0.127 e. The van der Waals surface area contributed by atoms with Gasteiger partial charge in [0.05, 0.1) is 5.02 Å². The number of rotatable bonds is 7. The molecule has 1 aromatic heterocycles. The Morgan fingerprint density at radius 2 is 1.68 bits per heavy atom. The third-order valence-corrected chi connectivity index (χ3v) is 5.13. The molecule has 0 aliphatic heterocycles. The maximum Gasteiger partial charge on any atom is 0.127 e. The number of anilines is 1. The summed E-state index contributed by atoms with van der Waals surface area (Å²) in [6.45, 7) is 6.84. The molecule has 1 heterocycles. The number of nitrogens with zero attached hydrogens (tertiary/aromatic N) is 2. The van der Waals surface area contributed by atoms with E-state index >= 15 is 0 Å². The average Bonchev–Trinajstić information content (AvgIpc) is 2.79. The van der Waals surface area contributed by atoms with Crippen molar-refractivity contribution >= 4 is 23.3 Å². The van der Waals surface area contributed by atoms with Crippen LogP contribution in [0.1, 0.15) is 41.7 Å². The summed E-state index contributed by atoms with van der Waals surface area (Å²) in [6.07, 6.45) is 3.58. The normalized spacial score (nSPS) is 10.1. The van der Waals surface area contributed by atoms with Crippen molar-refractivity contribution in [3.8, 4) is 0 Å². The van der Waals surface area contributed by atoms with Crippen molar-refractivity contribution in [2.75, 3.05) is 19.4 Å². The number of aromatic nitrogens is 1. The summed E-state index contributed by atoms with van der Waals surface area (Å²) in [5.41, 5.74) is 6.09. The van der Waals surface area contributed by atoms with Gasteiger partial charge in [0.15, 0.2) is 0 Å². The van der Waals surface area contributed by atoms with Crippen molar-refractivity contribution in [3.63, 3.8) is 0 Å². The minimum absolute atomic E-state index is 0.527. The Balaban J connectivity index is 0.00000166. The molecule has 4 nitrogen and oxygen atoms in total. The Labute approximate surface area is 191 Å². The number of amidine groups is 1. The maximum absolute atomic E-state index is 8.08. The van der Waals surface area contributed by atoms with Crippen LogP contribution < -0.4 is 5.32 Å². The summed E-state index contributed by atoms with van der Waals surface area (Å²) < 4.78 is 0. The molecule has 0 saturated carbocycles.